The summed E-state index contributed by atoms with van der Waals surface area (Å²) in [5, 5.41) is 7.91. The number of aryl methyl sites for hydroxylation is 1. The number of nitrogens with zero attached hydrogens (tertiary/aromatic N) is 7. The Morgan fingerprint density at radius 2 is 1.84 bits per heavy atom. The highest BCUT2D eigenvalue weighted by atomic mass is 16.6. The summed E-state index contributed by atoms with van der Waals surface area (Å²) in [5.41, 5.74) is 5.06. The van der Waals surface area contributed by atoms with E-state index in [0.717, 1.165) is 65.9 Å². The van der Waals surface area contributed by atoms with Gasteiger partial charge in [-0.2, -0.15) is 0 Å². The number of fused-ring (bicyclic) bond motifs is 1. The Balaban J connectivity index is 1.34. The smallest absolute Gasteiger partial charge is 0.214 e. The highest BCUT2D eigenvalue weighted by Gasteiger charge is 2.24. The number of piperazine rings is 1. The van der Waals surface area contributed by atoms with E-state index in [9.17, 15) is 0 Å². The van der Waals surface area contributed by atoms with E-state index >= 15 is 0 Å². The predicted octanol–water partition coefficient (Wildman–Crippen LogP) is 2.63. The van der Waals surface area contributed by atoms with E-state index in [-0.39, 0.29) is 6.10 Å². The van der Waals surface area contributed by atoms with Crippen molar-refractivity contribution in [2.24, 2.45) is 4.99 Å². The van der Waals surface area contributed by atoms with E-state index < -0.39 is 0 Å². The maximum Gasteiger partial charge on any atom is 0.214 e. The lowest BCUT2D eigenvalue weighted by Gasteiger charge is -2.35. The molecule has 0 bridgehead atoms. The van der Waals surface area contributed by atoms with Crippen LogP contribution in [0.1, 0.15) is 36.2 Å². The Bertz CT molecular complexity index is 1120. The molecule has 2 aliphatic heterocycles. The monoisotopic (exact) mass is 419 g/mol. The Labute approximate surface area is 180 Å². The number of pyridine rings is 2. The van der Waals surface area contributed by atoms with E-state index in [4.69, 9.17) is 14.4 Å². The van der Waals surface area contributed by atoms with Crippen molar-refractivity contribution in [2.45, 2.75) is 33.4 Å². The first-order valence-electron chi connectivity index (χ1n) is 10.5. The lowest BCUT2D eigenvalue weighted by atomic mass is 10.0. The molecular formula is C22H25N7O2. The molecule has 9 heteroatoms. The molecule has 2 aliphatic rings. The van der Waals surface area contributed by atoms with Gasteiger partial charge in [-0.05, 0) is 38.1 Å². The Hall–Kier alpha value is -3.49. The van der Waals surface area contributed by atoms with E-state index in [1.165, 1.54) is 0 Å². The van der Waals surface area contributed by atoms with Crippen molar-refractivity contribution in [3.8, 4) is 5.88 Å². The quantitative estimate of drug-likeness (QED) is 0.623. The molecule has 0 aromatic carbocycles. The Morgan fingerprint density at radius 3 is 2.58 bits per heavy atom. The van der Waals surface area contributed by atoms with Crippen LogP contribution in [0.25, 0.3) is 0 Å². The molecule has 31 heavy (non-hydrogen) atoms. The van der Waals surface area contributed by atoms with E-state index in [1.54, 1.807) is 0 Å². The molecule has 0 radical (unpaired) electrons. The second-order valence-corrected chi connectivity index (χ2v) is 8.06. The molecule has 0 unspecified atom stereocenters. The first-order chi connectivity index (χ1) is 15.1. The molecule has 1 fully saturated rings. The molecule has 3 aromatic heterocycles. The Morgan fingerprint density at radius 1 is 1.03 bits per heavy atom. The van der Waals surface area contributed by atoms with Gasteiger partial charge in [0.25, 0.3) is 0 Å². The molecule has 0 spiro atoms. The second kappa shape index (κ2) is 7.98. The summed E-state index contributed by atoms with van der Waals surface area (Å²) < 4.78 is 10.6. The first kappa shape index (κ1) is 19.5. The normalized spacial score (nSPS) is 15.9. The molecule has 0 atom stereocenters. The molecule has 0 aliphatic carbocycles. The maximum atomic E-state index is 5.78. The van der Waals surface area contributed by atoms with E-state index in [1.807, 2.05) is 45.3 Å². The van der Waals surface area contributed by atoms with Gasteiger partial charge in [0.15, 0.2) is 5.82 Å². The lowest BCUT2D eigenvalue weighted by Crippen LogP contribution is -2.47. The van der Waals surface area contributed by atoms with Gasteiger partial charge in [0.2, 0.25) is 5.88 Å². The molecule has 0 amide bonds. The van der Waals surface area contributed by atoms with Crippen molar-refractivity contribution in [3.05, 3.63) is 53.0 Å². The largest absolute Gasteiger partial charge is 0.475 e. The third-order valence-electron chi connectivity index (χ3n) is 5.53. The summed E-state index contributed by atoms with van der Waals surface area (Å²) in [6, 6.07) is 6.13. The van der Waals surface area contributed by atoms with Gasteiger partial charge in [-0.25, -0.2) is 14.6 Å². The number of anilines is 2. The van der Waals surface area contributed by atoms with Gasteiger partial charge in [-0.3, -0.25) is 4.99 Å². The molecule has 5 rings (SSSR count). The van der Waals surface area contributed by atoms with Crippen LogP contribution in [0.2, 0.25) is 0 Å². The minimum Gasteiger partial charge on any atom is -0.475 e. The van der Waals surface area contributed by atoms with Crippen molar-refractivity contribution in [1.29, 1.82) is 0 Å². The minimum absolute atomic E-state index is 0.0790. The summed E-state index contributed by atoms with van der Waals surface area (Å²) >= 11 is 0. The van der Waals surface area contributed by atoms with Gasteiger partial charge in [0, 0.05) is 61.3 Å². The fourth-order valence-electron chi connectivity index (χ4n) is 4.01. The molecule has 3 aromatic rings. The van der Waals surface area contributed by atoms with Crippen molar-refractivity contribution in [1.82, 2.24) is 20.3 Å². The maximum absolute atomic E-state index is 5.78. The molecule has 1 saturated heterocycles. The topological polar surface area (TPSA) is 92.8 Å². The summed E-state index contributed by atoms with van der Waals surface area (Å²) in [6.45, 7) is 9.93. The summed E-state index contributed by atoms with van der Waals surface area (Å²) in [7, 11) is 0. The zero-order valence-corrected chi connectivity index (χ0v) is 17.9. The molecule has 0 N–H and O–H groups in total. The summed E-state index contributed by atoms with van der Waals surface area (Å²) in [5.74, 6) is 2.41. The van der Waals surface area contributed by atoms with Crippen LogP contribution < -0.4 is 14.5 Å². The van der Waals surface area contributed by atoms with Crippen molar-refractivity contribution in [2.75, 3.05) is 36.0 Å². The Kier molecular flexibility index (Phi) is 5.01. The highest BCUT2D eigenvalue weighted by Crippen LogP contribution is 2.27. The minimum atomic E-state index is 0.0790. The fraction of sp³-hybridized carbons (Fsp3) is 0.409. The van der Waals surface area contributed by atoms with Crippen LogP contribution in [0.4, 0.5) is 11.6 Å². The zero-order valence-electron chi connectivity index (χ0n) is 17.9. The number of ether oxygens (including phenoxy) is 1. The summed E-state index contributed by atoms with van der Waals surface area (Å²) in [4.78, 5) is 18.3. The van der Waals surface area contributed by atoms with Crippen LogP contribution in [0.3, 0.4) is 0 Å². The van der Waals surface area contributed by atoms with Crippen molar-refractivity contribution in [3.63, 3.8) is 0 Å². The predicted molar refractivity (Wildman–Crippen MR) is 117 cm³/mol. The van der Waals surface area contributed by atoms with Crippen LogP contribution in [-0.2, 0) is 6.54 Å². The van der Waals surface area contributed by atoms with Gasteiger partial charge in [-0.15, -0.1) is 0 Å². The average Bonchev–Trinajstić information content (AvgIpc) is 3.39. The van der Waals surface area contributed by atoms with Crippen LogP contribution in [0, 0.1) is 6.92 Å². The van der Waals surface area contributed by atoms with Gasteiger partial charge in [0.05, 0.1) is 18.4 Å². The third kappa shape index (κ3) is 3.83. The number of hydrogen-bond donors (Lipinski definition) is 0. The highest BCUT2D eigenvalue weighted by molar-refractivity contribution is 6.15. The standard InChI is InChI=1S/C22H25N7O2/c1-14(2)30-20-11-18-17(12-24-20)13-25-21(18)16-4-5-23-19(10-16)28-6-8-29(9-7-28)22-15(3)26-31-27-22/h4-5,10-12,14H,6-9,13H2,1-3H3. The first-order valence-corrected chi connectivity index (χ1v) is 10.5. The molecular weight excluding hydrogens is 394 g/mol. The average molecular weight is 419 g/mol. The number of rotatable bonds is 5. The van der Waals surface area contributed by atoms with Gasteiger partial charge in [-0.1, -0.05) is 5.16 Å². The van der Waals surface area contributed by atoms with Crippen LogP contribution >= 0.6 is 0 Å². The van der Waals surface area contributed by atoms with E-state index in [0.29, 0.717) is 12.4 Å². The molecule has 160 valence electrons. The lowest BCUT2D eigenvalue weighted by molar-refractivity contribution is 0.232. The van der Waals surface area contributed by atoms with E-state index in [2.05, 4.69) is 36.1 Å². The second-order valence-electron chi connectivity index (χ2n) is 8.06. The van der Waals surface area contributed by atoms with Gasteiger partial charge in [0.1, 0.15) is 11.5 Å². The van der Waals surface area contributed by atoms with Gasteiger partial charge < -0.3 is 14.5 Å². The SMILES string of the molecule is Cc1nonc1N1CCN(c2cc(C3=NCc4cnc(OC(C)C)cc43)ccn2)CC1. The zero-order chi connectivity index (χ0) is 21.4. The van der Waals surface area contributed by atoms with Crippen LogP contribution in [0.15, 0.2) is 40.2 Å². The molecule has 0 saturated carbocycles. The van der Waals surface area contributed by atoms with Crippen LogP contribution in [0.5, 0.6) is 5.88 Å². The van der Waals surface area contributed by atoms with Gasteiger partial charge >= 0.3 is 0 Å². The van der Waals surface area contributed by atoms with Crippen molar-refractivity contribution < 1.29 is 9.37 Å². The molecule has 9 nitrogen and oxygen atoms in total. The van der Waals surface area contributed by atoms with Crippen molar-refractivity contribution >= 4 is 17.3 Å². The number of hydrogen-bond acceptors (Lipinski definition) is 9. The fourth-order valence-corrected chi connectivity index (χ4v) is 4.01. The number of aromatic nitrogens is 4. The van der Waals surface area contributed by atoms with Crippen LogP contribution in [-0.4, -0.2) is 58.3 Å². The number of aliphatic imine (C=N–C) groups is 1. The summed E-state index contributed by atoms with van der Waals surface area (Å²) in [6.07, 6.45) is 3.80. The third-order valence-corrected chi connectivity index (χ3v) is 5.53. The molecule has 5 heterocycles.